The Kier molecular flexibility index (Phi) is 6.79. The molecule has 0 spiro atoms. The Hall–Kier alpha value is -2.97. The average Bonchev–Trinajstić information content (AvgIpc) is 2.71. The van der Waals surface area contributed by atoms with Gasteiger partial charge in [0.1, 0.15) is 11.6 Å². The maximum atomic E-state index is 12.4. The van der Waals surface area contributed by atoms with Crippen molar-refractivity contribution in [1.29, 1.82) is 0 Å². The Balaban J connectivity index is 1.80. The van der Waals surface area contributed by atoms with Gasteiger partial charge in [0.05, 0.1) is 51.7 Å². The monoisotopic (exact) mass is 412 g/mol. The third kappa shape index (κ3) is 5.52. The lowest BCUT2D eigenvalue weighted by Gasteiger charge is -2.26. The number of ether oxygens (including phenoxy) is 1. The summed E-state index contributed by atoms with van der Waals surface area (Å²) in [5.41, 5.74) is 1.41. The Bertz CT molecular complexity index is 1030. The highest BCUT2D eigenvalue weighted by molar-refractivity contribution is 7.80. The van der Waals surface area contributed by atoms with E-state index in [4.69, 9.17) is 17.0 Å². The number of quaternary nitrogens is 1. The Morgan fingerprint density at radius 3 is 2.62 bits per heavy atom. The first-order valence-corrected chi connectivity index (χ1v) is 9.84. The molecule has 0 amide bonds. The summed E-state index contributed by atoms with van der Waals surface area (Å²) in [5, 5.41) is 4.42. The SMILES string of the molecule is COc1ccc(NC(=S)N(CC[NH+](C)C)Cc2nc3ccccc3c(=O)[nH]2)cc1. The van der Waals surface area contributed by atoms with Crippen LogP contribution in [-0.4, -0.2) is 54.3 Å². The fourth-order valence-electron chi connectivity index (χ4n) is 2.88. The van der Waals surface area contributed by atoms with Crippen molar-refractivity contribution in [2.75, 3.05) is 39.6 Å². The lowest BCUT2D eigenvalue weighted by atomic mass is 10.2. The second-order valence-corrected chi connectivity index (χ2v) is 7.45. The highest BCUT2D eigenvalue weighted by Crippen LogP contribution is 2.16. The summed E-state index contributed by atoms with van der Waals surface area (Å²) in [6.45, 7) is 2.03. The molecule has 29 heavy (non-hydrogen) atoms. The average molecular weight is 413 g/mol. The molecule has 8 heteroatoms. The molecule has 3 aromatic rings. The molecule has 1 heterocycles. The first-order chi connectivity index (χ1) is 14.0. The largest absolute Gasteiger partial charge is 0.497 e. The van der Waals surface area contributed by atoms with Crippen LogP contribution in [0.3, 0.4) is 0 Å². The number of aromatic amines is 1. The molecule has 0 atom stereocenters. The molecule has 3 rings (SSSR count). The summed E-state index contributed by atoms with van der Waals surface area (Å²) in [7, 11) is 5.82. The molecule has 0 saturated carbocycles. The zero-order chi connectivity index (χ0) is 20.8. The Labute approximate surface area is 175 Å². The number of anilines is 1. The smallest absolute Gasteiger partial charge is 0.258 e. The number of H-pyrrole nitrogens is 1. The van der Waals surface area contributed by atoms with E-state index in [0.29, 0.717) is 28.4 Å². The minimum Gasteiger partial charge on any atom is -0.497 e. The topological polar surface area (TPSA) is 74.7 Å². The zero-order valence-electron chi connectivity index (χ0n) is 16.9. The number of hydrogen-bond donors (Lipinski definition) is 3. The fourth-order valence-corrected chi connectivity index (χ4v) is 3.15. The summed E-state index contributed by atoms with van der Waals surface area (Å²) in [4.78, 5) is 23.2. The summed E-state index contributed by atoms with van der Waals surface area (Å²) in [6, 6.07) is 14.9. The number of likely N-dealkylation sites (N-methyl/N-ethyl adjacent to an activating group) is 1. The van der Waals surface area contributed by atoms with Crippen LogP contribution in [-0.2, 0) is 6.54 Å². The van der Waals surface area contributed by atoms with Gasteiger partial charge in [-0.2, -0.15) is 0 Å². The van der Waals surface area contributed by atoms with Crippen LogP contribution in [0.4, 0.5) is 5.69 Å². The molecular weight excluding hydrogens is 386 g/mol. The standard InChI is InChI=1S/C21H25N5O2S/c1-25(2)12-13-26(21(29)22-15-8-10-16(28-3)11-9-15)14-19-23-18-7-5-4-6-17(18)20(27)24-19/h4-11H,12-14H2,1-3H3,(H,22,29)(H,23,24,27)/p+1. The van der Waals surface area contributed by atoms with Crippen LogP contribution in [0.5, 0.6) is 5.75 Å². The maximum absolute atomic E-state index is 12.4. The second-order valence-electron chi connectivity index (χ2n) is 7.07. The molecule has 0 fully saturated rings. The first kappa shape index (κ1) is 20.8. The lowest BCUT2D eigenvalue weighted by molar-refractivity contribution is -0.857. The maximum Gasteiger partial charge on any atom is 0.258 e. The second kappa shape index (κ2) is 9.49. The molecule has 0 radical (unpaired) electrons. The summed E-state index contributed by atoms with van der Waals surface area (Å²) in [5.74, 6) is 1.37. The van der Waals surface area contributed by atoms with Gasteiger partial charge in [0.2, 0.25) is 0 Å². The molecule has 0 unspecified atom stereocenters. The van der Waals surface area contributed by atoms with Crippen LogP contribution >= 0.6 is 12.2 Å². The number of rotatable bonds is 7. The van der Waals surface area contributed by atoms with E-state index in [1.54, 1.807) is 13.2 Å². The number of aromatic nitrogens is 2. The first-order valence-electron chi connectivity index (χ1n) is 9.43. The van der Waals surface area contributed by atoms with E-state index >= 15 is 0 Å². The molecule has 0 aliphatic rings. The van der Waals surface area contributed by atoms with Gasteiger partial charge < -0.3 is 24.8 Å². The van der Waals surface area contributed by atoms with Crippen LogP contribution in [0.2, 0.25) is 0 Å². The number of nitrogens with zero attached hydrogens (tertiary/aromatic N) is 2. The van der Waals surface area contributed by atoms with Gasteiger partial charge in [-0.3, -0.25) is 4.79 Å². The quantitative estimate of drug-likeness (QED) is 0.508. The van der Waals surface area contributed by atoms with Gasteiger partial charge in [0.25, 0.3) is 5.56 Å². The van der Waals surface area contributed by atoms with E-state index in [1.165, 1.54) is 4.90 Å². The van der Waals surface area contributed by atoms with Crippen molar-refractivity contribution >= 4 is 33.9 Å². The van der Waals surface area contributed by atoms with Crippen molar-refractivity contribution in [3.63, 3.8) is 0 Å². The van der Waals surface area contributed by atoms with Gasteiger partial charge in [-0.1, -0.05) is 12.1 Å². The molecular formula is C21H26N5O2S+. The van der Waals surface area contributed by atoms with Crippen molar-refractivity contribution in [1.82, 2.24) is 14.9 Å². The van der Waals surface area contributed by atoms with E-state index in [0.717, 1.165) is 24.5 Å². The van der Waals surface area contributed by atoms with Crippen molar-refractivity contribution in [3.05, 3.63) is 64.7 Å². The van der Waals surface area contributed by atoms with Crippen LogP contribution in [0.25, 0.3) is 10.9 Å². The number of para-hydroxylation sites is 1. The van der Waals surface area contributed by atoms with E-state index in [1.807, 2.05) is 47.4 Å². The van der Waals surface area contributed by atoms with Crippen molar-refractivity contribution in [2.24, 2.45) is 0 Å². The van der Waals surface area contributed by atoms with E-state index in [2.05, 4.69) is 29.4 Å². The highest BCUT2D eigenvalue weighted by atomic mass is 32.1. The van der Waals surface area contributed by atoms with E-state index in [-0.39, 0.29) is 5.56 Å². The zero-order valence-corrected chi connectivity index (χ0v) is 17.7. The minimum absolute atomic E-state index is 0.141. The van der Waals surface area contributed by atoms with Gasteiger partial charge in [-0.05, 0) is 48.6 Å². The lowest BCUT2D eigenvalue weighted by Crippen LogP contribution is -3.06. The normalized spacial score (nSPS) is 10.9. The van der Waals surface area contributed by atoms with Crippen molar-refractivity contribution < 1.29 is 9.64 Å². The number of nitrogens with one attached hydrogen (secondary N) is 3. The van der Waals surface area contributed by atoms with Gasteiger partial charge in [0.15, 0.2) is 5.11 Å². The fraction of sp³-hybridized carbons (Fsp3) is 0.286. The van der Waals surface area contributed by atoms with E-state index < -0.39 is 0 Å². The van der Waals surface area contributed by atoms with Crippen LogP contribution < -0.4 is 20.5 Å². The van der Waals surface area contributed by atoms with Crippen molar-refractivity contribution in [2.45, 2.75) is 6.54 Å². The summed E-state index contributed by atoms with van der Waals surface area (Å²) < 4.78 is 5.20. The molecule has 3 N–H and O–H groups in total. The molecule has 0 aliphatic heterocycles. The molecule has 0 saturated heterocycles. The highest BCUT2D eigenvalue weighted by Gasteiger charge is 2.15. The molecule has 2 aromatic carbocycles. The molecule has 0 bridgehead atoms. The molecule has 7 nitrogen and oxygen atoms in total. The number of fused-ring (bicyclic) bond motifs is 1. The van der Waals surface area contributed by atoms with Gasteiger partial charge in [-0.25, -0.2) is 4.98 Å². The molecule has 1 aromatic heterocycles. The van der Waals surface area contributed by atoms with E-state index in [9.17, 15) is 4.79 Å². The summed E-state index contributed by atoms with van der Waals surface area (Å²) >= 11 is 5.65. The third-order valence-corrected chi connectivity index (χ3v) is 4.87. The number of methoxy groups -OCH3 is 1. The van der Waals surface area contributed by atoms with Gasteiger partial charge in [0, 0.05) is 5.69 Å². The predicted molar refractivity (Wildman–Crippen MR) is 120 cm³/mol. The molecule has 152 valence electrons. The number of thiocarbonyl (C=S) groups is 1. The third-order valence-electron chi connectivity index (χ3n) is 4.51. The van der Waals surface area contributed by atoms with Gasteiger partial charge in [-0.15, -0.1) is 0 Å². The summed E-state index contributed by atoms with van der Waals surface area (Å²) in [6.07, 6.45) is 0. The Morgan fingerprint density at radius 2 is 1.93 bits per heavy atom. The van der Waals surface area contributed by atoms with Crippen LogP contribution in [0, 0.1) is 0 Å². The van der Waals surface area contributed by atoms with Crippen LogP contribution in [0.1, 0.15) is 5.82 Å². The predicted octanol–water partition coefficient (Wildman–Crippen LogP) is 1.28. The Morgan fingerprint density at radius 1 is 1.21 bits per heavy atom. The van der Waals surface area contributed by atoms with Gasteiger partial charge >= 0.3 is 0 Å². The number of hydrogen-bond acceptors (Lipinski definition) is 4. The van der Waals surface area contributed by atoms with Crippen molar-refractivity contribution in [3.8, 4) is 5.75 Å². The molecule has 0 aliphatic carbocycles. The number of benzene rings is 2. The minimum atomic E-state index is -0.141. The van der Waals surface area contributed by atoms with Crippen LogP contribution in [0.15, 0.2) is 53.3 Å².